The first-order valence-corrected chi connectivity index (χ1v) is 9.24. The van der Waals surface area contributed by atoms with Gasteiger partial charge in [-0.15, -0.1) is 0 Å². The van der Waals surface area contributed by atoms with E-state index in [1.165, 1.54) is 30.3 Å². The molecule has 0 bridgehead atoms. The number of halogens is 1. The van der Waals surface area contributed by atoms with Crippen LogP contribution in [0.1, 0.15) is 26.3 Å². The van der Waals surface area contributed by atoms with Gasteiger partial charge in [-0.2, -0.15) is 4.21 Å². The Morgan fingerprint density at radius 3 is 2.20 bits per heavy atom. The number of carboxylic acids is 1. The second-order valence-electron chi connectivity index (χ2n) is 6.04. The highest BCUT2D eigenvalue weighted by molar-refractivity contribution is 7.44. The fraction of sp³-hybridized carbons (Fsp3) is 0.0476. The largest absolute Gasteiger partial charge is 0.478 e. The Labute approximate surface area is 183 Å². The van der Waals surface area contributed by atoms with Gasteiger partial charge in [0.15, 0.2) is 18.3 Å². The average Bonchev–Trinajstić information content (AvgIpc) is 2.75. The smallest absolute Gasteiger partial charge is 0.335 e. The van der Waals surface area contributed by atoms with E-state index in [1.807, 2.05) is 31.2 Å². The van der Waals surface area contributed by atoms with Crippen LogP contribution in [-0.4, -0.2) is 21.2 Å². The van der Waals surface area contributed by atoms with E-state index in [9.17, 15) is 9.59 Å². The third kappa shape index (κ3) is 6.26. The molecule has 0 radical (unpaired) electrons. The Kier molecular flexibility index (Phi) is 8.28. The molecule has 0 unspecified atom stereocenters. The van der Waals surface area contributed by atoms with Gasteiger partial charge < -0.3 is 15.3 Å². The van der Waals surface area contributed by atoms with Gasteiger partial charge in [0.1, 0.15) is 0 Å². The second-order valence-corrected chi connectivity index (χ2v) is 6.48. The van der Waals surface area contributed by atoms with E-state index in [4.69, 9.17) is 25.8 Å². The zero-order valence-electron chi connectivity index (χ0n) is 15.7. The SMILES string of the molecule is Cc1ccc(ONc2ccc(Cl)cc2C(=O)Nc2ccc(C(=O)O)cc2)cc1.O=S. The molecule has 0 spiro atoms. The van der Waals surface area contributed by atoms with Gasteiger partial charge in [0.05, 0.1) is 16.8 Å². The molecule has 7 nitrogen and oxygen atoms in total. The van der Waals surface area contributed by atoms with Crippen molar-refractivity contribution in [3.05, 3.63) is 88.4 Å². The number of benzene rings is 3. The molecule has 1 amide bonds. The van der Waals surface area contributed by atoms with E-state index < -0.39 is 11.9 Å². The fourth-order valence-corrected chi connectivity index (χ4v) is 2.58. The number of rotatable bonds is 6. The predicted octanol–water partition coefficient (Wildman–Crippen LogP) is 4.67. The summed E-state index contributed by atoms with van der Waals surface area (Å²) in [4.78, 5) is 29.1. The molecule has 3 N–H and O–H groups in total. The molecule has 9 heteroatoms. The van der Waals surface area contributed by atoms with Crippen LogP contribution in [0.15, 0.2) is 66.7 Å². The first kappa shape index (κ1) is 22.8. The number of carboxylic acid groups (broad SMARTS) is 1. The van der Waals surface area contributed by atoms with Crippen molar-refractivity contribution in [2.75, 3.05) is 10.8 Å². The van der Waals surface area contributed by atoms with E-state index in [-0.39, 0.29) is 11.1 Å². The molecule has 0 aromatic heterocycles. The minimum Gasteiger partial charge on any atom is -0.478 e. The summed E-state index contributed by atoms with van der Waals surface area (Å²) in [6.07, 6.45) is 0. The Morgan fingerprint density at radius 2 is 1.60 bits per heavy atom. The number of aromatic carboxylic acids is 1. The van der Waals surface area contributed by atoms with Gasteiger partial charge >= 0.3 is 5.97 Å². The van der Waals surface area contributed by atoms with Crippen LogP contribution in [0.2, 0.25) is 5.02 Å². The van der Waals surface area contributed by atoms with Crippen molar-refractivity contribution >= 4 is 47.4 Å². The lowest BCUT2D eigenvalue weighted by atomic mass is 10.1. The standard InChI is InChI=1S/C21H17ClN2O4.OS/c1-13-2-9-17(10-3-13)28-24-19-11-6-15(22)12-18(19)20(25)23-16-7-4-14(5-8-16)21(26)27;1-2/h2-12,24H,1H3,(H,23,25)(H,26,27);. The number of anilines is 2. The maximum absolute atomic E-state index is 12.7. The summed E-state index contributed by atoms with van der Waals surface area (Å²) in [6, 6.07) is 18.1. The number of carbonyl (C=O) groups is 2. The minimum absolute atomic E-state index is 0.134. The summed E-state index contributed by atoms with van der Waals surface area (Å²) in [5.74, 6) is -0.857. The molecule has 30 heavy (non-hydrogen) atoms. The Hall–Kier alpha value is -3.49. The predicted molar refractivity (Wildman–Crippen MR) is 116 cm³/mol. The van der Waals surface area contributed by atoms with Crippen LogP contribution in [-0.2, 0) is 12.5 Å². The van der Waals surface area contributed by atoms with Crippen molar-refractivity contribution in [2.24, 2.45) is 0 Å². The van der Waals surface area contributed by atoms with Crippen LogP contribution >= 0.6 is 11.6 Å². The molecule has 3 rings (SSSR count). The molecule has 0 aliphatic carbocycles. The number of hydrogen-bond acceptors (Lipinski definition) is 6. The van der Waals surface area contributed by atoms with Gasteiger partial charge in [-0.1, -0.05) is 29.3 Å². The highest BCUT2D eigenvalue weighted by Crippen LogP contribution is 2.23. The first-order valence-electron chi connectivity index (χ1n) is 8.53. The molecule has 0 aliphatic rings. The molecular formula is C21H17ClN2O5S. The average molecular weight is 445 g/mol. The highest BCUT2D eigenvalue weighted by Gasteiger charge is 2.14. The monoisotopic (exact) mass is 444 g/mol. The van der Waals surface area contributed by atoms with Gasteiger partial charge in [0.25, 0.3) is 5.91 Å². The van der Waals surface area contributed by atoms with E-state index in [0.29, 0.717) is 22.1 Å². The molecule has 154 valence electrons. The van der Waals surface area contributed by atoms with E-state index >= 15 is 0 Å². The molecule has 0 fully saturated rings. The van der Waals surface area contributed by atoms with Crippen LogP contribution in [0.5, 0.6) is 5.75 Å². The molecule has 3 aromatic rings. The highest BCUT2D eigenvalue weighted by atomic mass is 35.5. The van der Waals surface area contributed by atoms with Crippen LogP contribution in [0, 0.1) is 6.92 Å². The Balaban J connectivity index is 0.00000155. The number of amides is 1. The molecule has 0 saturated carbocycles. The van der Waals surface area contributed by atoms with Crippen LogP contribution in [0.25, 0.3) is 0 Å². The number of carbonyl (C=O) groups excluding carboxylic acids is 1. The fourth-order valence-electron chi connectivity index (χ4n) is 2.41. The van der Waals surface area contributed by atoms with Crippen molar-refractivity contribution in [1.82, 2.24) is 0 Å². The van der Waals surface area contributed by atoms with Crippen LogP contribution in [0.3, 0.4) is 0 Å². The van der Waals surface area contributed by atoms with Crippen molar-refractivity contribution in [2.45, 2.75) is 6.92 Å². The van der Waals surface area contributed by atoms with Crippen molar-refractivity contribution < 1.29 is 23.7 Å². The summed E-state index contributed by atoms with van der Waals surface area (Å²) in [5.41, 5.74) is 5.18. The molecule has 0 saturated heterocycles. The van der Waals surface area contributed by atoms with Crippen molar-refractivity contribution in [3.63, 3.8) is 0 Å². The molecule has 0 heterocycles. The Morgan fingerprint density at radius 1 is 0.967 bits per heavy atom. The molecular weight excluding hydrogens is 428 g/mol. The third-order valence-electron chi connectivity index (χ3n) is 3.92. The normalized spacial score (nSPS) is 9.67. The lowest BCUT2D eigenvalue weighted by molar-refractivity contribution is 0.0696. The maximum Gasteiger partial charge on any atom is 0.335 e. The second kappa shape index (κ2) is 10.9. The van der Waals surface area contributed by atoms with E-state index in [0.717, 1.165) is 5.56 Å². The van der Waals surface area contributed by atoms with Crippen LogP contribution < -0.4 is 15.6 Å². The van der Waals surface area contributed by atoms with Gasteiger partial charge in [-0.05, 0) is 61.5 Å². The minimum atomic E-state index is -1.03. The van der Waals surface area contributed by atoms with E-state index in [2.05, 4.69) is 23.3 Å². The van der Waals surface area contributed by atoms with Gasteiger partial charge in [-0.3, -0.25) is 4.79 Å². The summed E-state index contributed by atoms with van der Waals surface area (Å²) in [6.45, 7) is 1.97. The summed E-state index contributed by atoms with van der Waals surface area (Å²) in [7, 11) is 0. The Bertz CT molecular complexity index is 1030. The third-order valence-corrected chi connectivity index (χ3v) is 4.15. The molecule has 0 atom stereocenters. The van der Waals surface area contributed by atoms with Crippen LogP contribution in [0.4, 0.5) is 11.4 Å². The molecule has 3 aromatic carbocycles. The lowest BCUT2D eigenvalue weighted by Gasteiger charge is -2.13. The van der Waals surface area contributed by atoms with Gasteiger partial charge in [0, 0.05) is 10.7 Å². The summed E-state index contributed by atoms with van der Waals surface area (Å²) < 4.78 is 7.83. The molecule has 0 aliphatic heterocycles. The van der Waals surface area contributed by atoms with Crippen molar-refractivity contribution in [3.8, 4) is 5.75 Å². The lowest BCUT2D eigenvalue weighted by Crippen LogP contribution is -2.16. The number of nitrogens with one attached hydrogen (secondary N) is 2. The zero-order valence-corrected chi connectivity index (χ0v) is 17.3. The quantitative estimate of drug-likeness (QED) is 0.474. The number of aryl methyl sites for hydroxylation is 1. The summed E-state index contributed by atoms with van der Waals surface area (Å²) in [5, 5.41) is 12.1. The zero-order chi connectivity index (χ0) is 22.1. The number of hydrogen-bond donors (Lipinski definition) is 3. The van der Waals surface area contributed by atoms with Crippen molar-refractivity contribution in [1.29, 1.82) is 0 Å². The van der Waals surface area contributed by atoms with Gasteiger partial charge in [0.2, 0.25) is 0 Å². The van der Waals surface area contributed by atoms with Gasteiger partial charge in [-0.25, -0.2) is 10.3 Å². The first-order chi connectivity index (χ1) is 14.4. The topological polar surface area (TPSA) is 105 Å². The summed E-state index contributed by atoms with van der Waals surface area (Å²) >= 11 is 8.87. The van der Waals surface area contributed by atoms with E-state index in [1.54, 1.807) is 12.1 Å². The maximum atomic E-state index is 12.7.